The van der Waals surface area contributed by atoms with Crippen molar-refractivity contribution in [1.82, 2.24) is 4.98 Å². The number of hydrogen-bond donors (Lipinski definition) is 1. The highest BCUT2D eigenvalue weighted by atomic mass is 16.5. The van der Waals surface area contributed by atoms with Crippen LogP contribution < -0.4 is 10.6 Å². The first-order valence-corrected chi connectivity index (χ1v) is 6.28. The Hall–Kier alpha value is -1.66. The first-order chi connectivity index (χ1) is 9.15. The summed E-state index contributed by atoms with van der Waals surface area (Å²) in [6.07, 6.45) is 0.0381. The van der Waals surface area contributed by atoms with E-state index in [4.69, 9.17) is 15.2 Å². The Labute approximate surface area is 112 Å². The van der Waals surface area contributed by atoms with Crippen LogP contribution >= 0.6 is 0 Å². The van der Waals surface area contributed by atoms with Crippen molar-refractivity contribution in [1.29, 1.82) is 0 Å². The van der Waals surface area contributed by atoms with Gasteiger partial charge < -0.3 is 20.1 Å². The number of aryl methyl sites for hydroxylation is 1. The second-order valence-corrected chi connectivity index (χ2v) is 4.47. The molecule has 0 saturated carbocycles. The quantitative estimate of drug-likeness (QED) is 0.794. The molecule has 1 aliphatic rings. The van der Waals surface area contributed by atoms with Gasteiger partial charge in [0.15, 0.2) is 0 Å². The van der Waals surface area contributed by atoms with Gasteiger partial charge in [-0.1, -0.05) is 0 Å². The lowest BCUT2D eigenvalue weighted by Crippen LogP contribution is -2.46. The smallest absolute Gasteiger partial charge is 0.339 e. The third-order valence-corrected chi connectivity index (χ3v) is 3.20. The number of rotatable bonds is 3. The molecule has 1 saturated heterocycles. The summed E-state index contributed by atoms with van der Waals surface area (Å²) in [6, 6.07) is 3.58. The van der Waals surface area contributed by atoms with Crippen molar-refractivity contribution >= 4 is 11.8 Å². The molecule has 2 rings (SSSR count). The minimum atomic E-state index is -0.363. The van der Waals surface area contributed by atoms with Crippen LogP contribution in [0.5, 0.6) is 0 Å². The fourth-order valence-electron chi connectivity index (χ4n) is 2.12. The monoisotopic (exact) mass is 265 g/mol. The maximum absolute atomic E-state index is 11.5. The molecule has 6 heteroatoms. The van der Waals surface area contributed by atoms with Crippen molar-refractivity contribution in [3.8, 4) is 0 Å². The highest BCUT2D eigenvalue weighted by Gasteiger charge is 2.21. The number of aromatic nitrogens is 1. The van der Waals surface area contributed by atoms with E-state index in [1.807, 2.05) is 6.07 Å². The van der Waals surface area contributed by atoms with Crippen molar-refractivity contribution in [3.63, 3.8) is 0 Å². The van der Waals surface area contributed by atoms with E-state index in [1.165, 1.54) is 7.11 Å². The van der Waals surface area contributed by atoms with Gasteiger partial charge in [-0.25, -0.2) is 9.78 Å². The fraction of sp³-hybridized carbons (Fsp3) is 0.538. The Balaban J connectivity index is 2.17. The van der Waals surface area contributed by atoms with E-state index < -0.39 is 0 Å². The van der Waals surface area contributed by atoms with E-state index in [0.29, 0.717) is 24.4 Å². The highest BCUT2D eigenvalue weighted by molar-refractivity contribution is 5.90. The third kappa shape index (κ3) is 3.02. The predicted molar refractivity (Wildman–Crippen MR) is 71.3 cm³/mol. The summed E-state index contributed by atoms with van der Waals surface area (Å²) >= 11 is 0. The van der Waals surface area contributed by atoms with Crippen molar-refractivity contribution in [3.05, 3.63) is 23.4 Å². The largest absolute Gasteiger partial charge is 0.465 e. The fourth-order valence-corrected chi connectivity index (χ4v) is 2.12. The van der Waals surface area contributed by atoms with E-state index in [1.54, 1.807) is 13.0 Å². The molecular weight excluding hydrogens is 246 g/mol. The van der Waals surface area contributed by atoms with Crippen LogP contribution in [-0.4, -0.2) is 50.4 Å². The molecule has 6 nitrogen and oxygen atoms in total. The summed E-state index contributed by atoms with van der Waals surface area (Å²) in [7, 11) is 1.36. The lowest BCUT2D eigenvalue weighted by atomic mass is 10.2. The van der Waals surface area contributed by atoms with Crippen LogP contribution in [0.25, 0.3) is 0 Å². The van der Waals surface area contributed by atoms with Crippen molar-refractivity contribution in [2.75, 3.05) is 38.3 Å². The van der Waals surface area contributed by atoms with Gasteiger partial charge in [-0.2, -0.15) is 0 Å². The summed E-state index contributed by atoms with van der Waals surface area (Å²) in [6.45, 7) is 4.44. The number of nitrogens with zero attached hydrogens (tertiary/aromatic N) is 2. The SMILES string of the molecule is COC(=O)c1ccc(N2CCOC(CN)C2)nc1C. The lowest BCUT2D eigenvalue weighted by molar-refractivity contribution is 0.0462. The van der Waals surface area contributed by atoms with Crippen molar-refractivity contribution in [2.24, 2.45) is 5.73 Å². The van der Waals surface area contributed by atoms with Gasteiger partial charge in [0, 0.05) is 19.6 Å². The van der Waals surface area contributed by atoms with E-state index in [-0.39, 0.29) is 12.1 Å². The third-order valence-electron chi connectivity index (χ3n) is 3.20. The Morgan fingerprint density at radius 2 is 2.42 bits per heavy atom. The van der Waals surface area contributed by atoms with Crippen molar-refractivity contribution in [2.45, 2.75) is 13.0 Å². The number of nitrogens with two attached hydrogens (primary N) is 1. The molecule has 0 amide bonds. The number of carbonyl (C=O) groups excluding carboxylic acids is 1. The van der Waals surface area contributed by atoms with Gasteiger partial charge in [0.05, 0.1) is 31.1 Å². The van der Waals surface area contributed by atoms with Crippen LogP contribution in [0, 0.1) is 6.92 Å². The summed E-state index contributed by atoms with van der Waals surface area (Å²) in [5.74, 6) is 0.477. The minimum absolute atomic E-state index is 0.0381. The molecule has 2 N–H and O–H groups in total. The topological polar surface area (TPSA) is 77.7 Å². The summed E-state index contributed by atoms with van der Waals surface area (Å²) in [5, 5.41) is 0. The highest BCUT2D eigenvalue weighted by Crippen LogP contribution is 2.18. The van der Waals surface area contributed by atoms with Gasteiger partial charge in [-0.15, -0.1) is 0 Å². The van der Waals surface area contributed by atoms with Gasteiger partial charge in [-0.05, 0) is 19.1 Å². The number of pyridine rings is 1. The molecule has 1 aromatic rings. The van der Waals surface area contributed by atoms with E-state index in [2.05, 4.69) is 9.88 Å². The van der Waals surface area contributed by atoms with Crippen molar-refractivity contribution < 1.29 is 14.3 Å². The number of esters is 1. The Morgan fingerprint density at radius 3 is 3.05 bits per heavy atom. The molecule has 19 heavy (non-hydrogen) atoms. The Morgan fingerprint density at radius 1 is 1.63 bits per heavy atom. The van der Waals surface area contributed by atoms with E-state index in [9.17, 15) is 4.79 Å². The van der Waals surface area contributed by atoms with Gasteiger partial charge in [-0.3, -0.25) is 0 Å². The van der Waals surface area contributed by atoms with Gasteiger partial charge in [0.25, 0.3) is 0 Å². The Bertz CT molecular complexity index is 464. The molecule has 1 aliphatic heterocycles. The predicted octanol–water partition coefficient (Wildman–Crippen LogP) is 0.341. The molecule has 0 radical (unpaired) electrons. The standard InChI is InChI=1S/C13H19N3O3/c1-9-11(13(17)18-2)3-4-12(15-9)16-5-6-19-10(7-14)8-16/h3-4,10H,5-8,14H2,1-2H3. The summed E-state index contributed by atoms with van der Waals surface area (Å²) in [4.78, 5) is 18.1. The lowest BCUT2D eigenvalue weighted by Gasteiger charge is -2.33. The average Bonchev–Trinajstić information content (AvgIpc) is 2.46. The molecule has 1 aromatic heterocycles. The number of ether oxygens (including phenoxy) is 2. The molecule has 1 atom stereocenters. The Kier molecular flexibility index (Phi) is 4.34. The average molecular weight is 265 g/mol. The maximum Gasteiger partial charge on any atom is 0.339 e. The second-order valence-electron chi connectivity index (χ2n) is 4.47. The number of hydrogen-bond acceptors (Lipinski definition) is 6. The number of anilines is 1. The van der Waals surface area contributed by atoms with Gasteiger partial charge in [0.1, 0.15) is 5.82 Å². The molecule has 0 bridgehead atoms. The van der Waals surface area contributed by atoms with Crippen LogP contribution in [-0.2, 0) is 9.47 Å². The van der Waals surface area contributed by atoms with E-state index >= 15 is 0 Å². The van der Waals surface area contributed by atoms with Crippen LogP contribution in [0.15, 0.2) is 12.1 Å². The van der Waals surface area contributed by atoms with E-state index in [0.717, 1.165) is 18.9 Å². The zero-order valence-corrected chi connectivity index (χ0v) is 11.3. The molecule has 2 heterocycles. The molecule has 104 valence electrons. The molecule has 0 aliphatic carbocycles. The first kappa shape index (κ1) is 13.8. The normalized spacial score (nSPS) is 19.3. The minimum Gasteiger partial charge on any atom is -0.465 e. The number of carbonyl (C=O) groups is 1. The molecule has 0 aromatic carbocycles. The summed E-state index contributed by atoms with van der Waals surface area (Å²) in [5.41, 5.74) is 6.78. The van der Waals surface area contributed by atoms with Crippen LogP contribution in [0.3, 0.4) is 0 Å². The second kappa shape index (κ2) is 5.99. The summed E-state index contributed by atoms with van der Waals surface area (Å²) < 4.78 is 10.2. The molecule has 1 fully saturated rings. The molecule has 0 spiro atoms. The van der Waals surface area contributed by atoms with Gasteiger partial charge >= 0.3 is 5.97 Å². The maximum atomic E-state index is 11.5. The van der Waals surface area contributed by atoms with Crippen LogP contribution in [0.2, 0.25) is 0 Å². The zero-order chi connectivity index (χ0) is 13.8. The number of methoxy groups -OCH3 is 1. The van der Waals surface area contributed by atoms with Crippen LogP contribution in [0.4, 0.5) is 5.82 Å². The number of morpholine rings is 1. The zero-order valence-electron chi connectivity index (χ0n) is 11.3. The molecule has 1 unspecified atom stereocenters. The van der Waals surface area contributed by atoms with Gasteiger partial charge in [0.2, 0.25) is 0 Å². The van der Waals surface area contributed by atoms with Crippen LogP contribution in [0.1, 0.15) is 16.1 Å². The molecular formula is C13H19N3O3. The first-order valence-electron chi connectivity index (χ1n) is 6.28.